The van der Waals surface area contributed by atoms with Gasteiger partial charge in [0, 0.05) is 4.47 Å². The van der Waals surface area contributed by atoms with E-state index in [1.54, 1.807) is 16.8 Å². The van der Waals surface area contributed by atoms with E-state index in [2.05, 4.69) is 32.1 Å². The molecule has 16 heavy (non-hydrogen) atoms. The quantitative estimate of drug-likeness (QED) is 0.804. The maximum absolute atomic E-state index is 8.78. The first-order valence-electron chi connectivity index (χ1n) is 4.72. The summed E-state index contributed by atoms with van der Waals surface area (Å²) in [5.74, 6) is 1.55. The van der Waals surface area contributed by atoms with Gasteiger partial charge < -0.3 is 0 Å². The molecule has 0 amide bonds. The van der Waals surface area contributed by atoms with Crippen LogP contribution in [0.3, 0.4) is 0 Å². The average molecular weight is 277 g/mol. The summed E-state index contributed by atoms with van der Waals surface area (Å²) in [6, 6.07) is 7.47. The zero-order valence-electron chi connectivity index (χ0n) is 8.90. The van der Waals surface area contributed by atoms with Crippen molar-refractivity contribution in [2.45, 2.75) is 13.8 Å². The van der Waals surface area contributed by atoms with Crippen LogP contribution in [-0.4, -0.2) is 14.8 Å². The summed E-state index contributed by atoms with van der Waals surface area (Å²) in [5, 5.41) is 13.1. The molecule has 0 unspecified atom stereocenters. The molecule has 1 aromatic heterocycles. The van der Waals surface area contributed by atoms with Gasteiger partial charge in [-0.15, -0.1) is 0 Å². The number of aromatic nitrogens is 3. The lowest BCUT2D eigenvalue weighted by atomic mass is 10.2. The summed E-state index contributed by atoms with van der Waals surface area (Å²) in [4.78, 5) is 4.24. The Morgan fingerprint density at radius 3 is 2.62 bits per heavy atom. The molecule has 0 aliphatic rings. The molecule has 1 aromatic carbocycles. The highest BCUT2D eigenvalue weighted by molar-refractivity contribution is 9.10. The lowest BCUT2D eigenvalue weighted by Gasteiger charge is -2.05. The fourth-order valence-corrected chi connectivity index (χ4v) is 2.04. The molecule has 0 N–H and O–H groups in total. The van der Waals surface area contributed by atoms with E-state index in [-0.39, 0.29) is 0 Å². The van der Waals surface area contributed by atoms with Gasteiger partial charge in [-0.2, -0.15) is 10.4 Å². The lowest BCUT2D eigenvalue weighted by Crippen LogP contribution is -2.00. The van der Waals surface area contributed by atoms with Crippen LogP contribution >= 0.6 is 15.9 Å². The standard InChI is InChI=1S/C11H9BrN4/c1-7-14-8(2)16(15-7)11-4-3-9(6-13)5-10(11)12/h3-5H,1-2H3. The largest absolute Gasteiger partial charge is 0.217 e. The van der Waals surface area contributed by atoms with Crippen LogP contribution < -0.4 is 0 Å². The van der Waals surface area contributed by atoms with Crippen LogP contribution in [0.15, 0.2) is 22.7 Å². The van der Waals surface area contributed by atoms with Gasteiger partial charge >= 0.3 is 0 Å². The monoisotopic (exact) mass is 276 g/mol. The molecule has 0 saturated carbocycles. The minimum atomic E-state index is 0.616. The van der Waals surface area contributed by atoms with Crippen LogP contribution in [0, 0.1) is 25.2 Å². The van der Waals surface area contributed by atoms with E-state index in [0.29, 0.717) is 5.56 Å². The first-order chi connectivity index (χ1) is 7.61. The van der Waals surface area contributed by atoms with E-state index < -0.39 is 0 Å². The van der Waals surface area contributed by atoms with Crippen LogP contribution in [-0.2, 0) is 0 Å². The van der Waals surface area contributed by atoms with Crippen molar-refractivity contribution in [3.8, 4) is 11.8 Å². The maximum Gasteiger partial charge on any atom is 0.148 e. The smallest absolute Gasteiger partial charge is 0.148 e. The molecule has 4 nitrogen and oxygen atoms in total. The first-order valence-corrected chi connectivity index (χ1v) is 5.51. The highest BCUT2D eigenvalue weighted by Crippen LogP contribution is 2.22. The third-order valence-electron chi connectivity index (χ3n) is 2.18. The van der Waals surface area contributed by atoms with E-state index in [1.807, 2.05) is 19.9 Å². The van der Waals surface area contributed by atoms with Crippen molar-refractivity contribution in [2.24, 2.45) is 0 Å². The predicted molar refractivity (Wildman–Crippen MR) is 63.2 cm³/mol. The van der Waals surface area contributed by atoms with Gasteiger partial charge in [-0.25, -0.2) is 9.67 Å². The van der Waals surface area contributed by atoms with Gasteiger partial charge in [-0.05, 0) is 48.0 Å². The SMILES string of the molecule is Cc1nc(C)n(-c2ccc(C#N)cc2Br)n1. The van der Waals surface area contributed by atoms with Crippen molar-refractivity contribution < 1.29 is 0 Å². The number of hydrogen-bond acceptors (Lipinski definition) is 3. The summed E-state index contributed by atoms with van der Waals surface area (Å²) in [5.41, 5.74) is 1.50. The second-order valence-electron chi connectivity index (χ2n) is 3.40. The topological polar surface area (TPSA) is 54.5 Å². The Kier molecular flexibility index (Phi) is 2.75. The highest BCUT2D eigenvalue weighted by Gasteiger charge is 2.08. The molecular formula is C11H9BrN4. The zero-order valence-corrected chi connectivity index (χ0v) is 10.5. The number of rotatable bonds is 1. The molecule has 0 fully saturated rings. The van der Waals surface area contributed by atoms with Gasteiger partial charge in [-0.3, -0.25) is 0 Å². The van der Waals surface area contributed by atoms with E-state index >= 15 is 0 Å². The number of aryl methyl sites for hydroxylation is 2. The molecule has 0 spiro atoms. The zero-order chi connectivity index (χ0) is 11.7. The second-order valence-corrected chi connectivity index (χ2v) is 4.25. The third kappa shape index (κ3) is 1.84. The molecule has 2 aromatic rings. The highest BCUT2D eigenvalue weighted by atomic mass is 79.9. The predicted octanol–water partition coefficient (Wildman–Crippen LogP) is 2.52. The fourth-order valence-electron chi connectivity index (χ4n) is 1.50. The Hall–Kier alpha value is -1.67. The molecule has 0 saturated heterocycles. The van der Waals surface area contributed by atoms with Crippen molar-refractivity contribution in [3.05, 3.63) is 39.9 Å². The number of benzene rings is 1. The molecule has 0 radical (unpaired) electrons. The van der Waals surface area contributed by atoms with E-state index in [1.165, 1.54) is 0 Å². The Morgan fingerprint density at radius 1 is 1.38 bits per heavy atom. The second kappa shape index (κ2) is 4.06. The van der Waals surface area contributed by atoms with Crippen LogP contribution in [0.2, 0.25) is 0 Å². The maximum atomic E-state index is 8.78. The van der Waals surface area contributed by atoms with Gasteiger partial charge in [0.15, 0.2) is 0 Å². The average Bonchev–Trinajstić information content (AvgIpc) is 2.57. The molecule has 1 heterocycles. The fraction of sp³-hybridized carbons (Fsp3) is 0.182. The van der Waals surface area contributed by atoms with E-state index in [9.17, 15) is 0 Å². The minimum absolute atomic E-state index is 0.616. The summed E-state index contributed by atoms with van der Waals surface area (Å²) >= 11 is 3.43. The number of nitriles is 1. The van der Waals surface area contributed by atoms with Crippen LogP contribution in [0.25, 0.3) is 5.69 Å². The van der Waals surface area contributed by atoms with Crippen LogP contribution in [0.5, 0.6) is 0 Å². The van der Waals surface area contributed by atoms with Crippen LogP contribution in [0.1, 0.15) is 17.2 Å². The van der Waals surface area contributed by atoms with Crippen molar-refractivity contribution in [2.75, 3.05) is 0 Å². The summed E-state index contributed by atoms with van der Waals surface area (Å²) in [6.45, 7) is 3.74. The molecule has 0 aliphatic carbocycles. The number of halogens is 1. The molecule has 5 heteroatoms. The van der Waals surface area contributed by atoms with E-state index in [0.717, 1.165) is 21.8 Å². The van der Waals surface area contributed by atoms with Gasteiger partial charge in [0.05, 0.1) is 17.3 Å². The number of nitrogens with zero attached hydrogens (tertiary/aromatic N) is 4. The first kappa shape index (κ1) is 10.8. The number of hydrogen-bond donors (Lipinski definition) is 0. The molecular weight excluding hydrogens is 268 g/mol. The van der Waals surface area contributed by atoms with Crippen molar-refractivity contribution in [3.63, 3.8) is 0 Å². The Bertz CT molecular complexity index is 580. The minimum Gasteiger partial charge on any atom is -0.217 e. The van der Waals surface area contributed by atoms with Gasteiger partial charge in [0.25, 0.3) is 0 Å². The van der Waals surface area contributed by atoms with E-state index in [4.69, 9.17) is 5.26 Å². The van der Waals surface area contributed by atoms with Crippen molar-refractivity contribution >= 4 is 15.9 Å². The third-order valence-corrected chi connectivity index (χ3v) is 2.81. The molecule has 0 atom stereocenters. The van der Waals surface area contributed by atoms with Crippen molar-refractivity contribution in [1.82, 2.24) is 14.8 Å². The van der Waals surface area contributed by atoms with Gasteiger partial charge in [0.2, 0.25) is 0 Å². The Balaban J connectivity index is 2.57. The molecule has 80 valence electrons. The molecule has 0 bridgehead atoms. The summed E-state index contributed by atoms with van der Waals surface area (Å²) in [6.07, 6.45) is 0. The van der Waals surface area contributed by atoms with Gasteiger partial charge in [0.1, 0.15) is 11.6 Å². The van der Waals surface area contributed by atoms with Crippen molar-refractivity contribution in [1.29, 1.82) is 5.26 Å². The van der Waals surface area contributed by atoms with Crippen LogP contribution in [0.4, 0.5) is 0 Å². The summed E-state index contributed by atoms with van der Waals surface area (Å²) < 4.78 is 2.58. The Labute approximate surface area is 102 Å². The lowest BCUT2D eigenvalue weighted by molar-refractivity contribution is 0.827. The normalized spacial score (nSPS) is 10.1. The Morgan fingerprint density at radius 2 is 2.12 bits per heavy atom. The molecule has 0 aliphatic heterocycles. The molecule has 2 rings (SSSR count). The summed E-state index contributed by atoms with van der Waals surface area (Å²) in [7, 11) is 0. The van der Waals surface area contributed by atoms with Gasteiger partial charge in [-0.1, -0.05) is 0 Å².